The van der Waals surface area contributed by atoms with Crippen molar-refractivity contribution in [3.63, 3.8) is 0 Å². The van der Waals surface area contributed by atoms with Crippen molar-refractivity contribution in [2.45, 2.75) is 25.3 Å². The van der Waals surface area contributed by atoms with Crippen LogP contribution in [0.15, 0.2) is 40.9 Å². The first-order chi connectivity index (χ1) is 8.22. The predicted molar refractivity (Wildman–Crippen MR) is 75.9 cm³/mol. The number of nitrogens with two attached hydrogens (primary N) is 1. The fraction of sp³-hybridized carbons (Fsp3) is 0.333. The molecular weight excluding hydrogens is 274 g/mol. The van der Waals surface area contributed by atoms with Crippen molar-refractivity contribution in [2.24, 2.45) is 11.7 Å². The summed E-state index contributed by atoms with van der Waals surface area (Å²) in [4.78, 5) is 0. The molecule has 2 heteroatoms. The zero-order valence-corrected chi connectivity index (χ0v) is 11.3. The van der Waals surface area contributed by atoms with Crippen molar-refractivity contribution in [3.8, 4) is 0 Å². The van der Waals surface area contributed by atoms with Crippen molar-refractivity contribution >= 4 is 26.7 Å². The van der Waals surface area contributed by atoms with Gasteiger partial charge in [-0.05, 0) is 46.9 Å². The minimum absolute atomic E-state index is 0.204. The summed E-state index contributed by atoms with van der Waals surface area (Å²) in [5.74, 6) is 0.880. The van der Waals surface area contributed by atoms with Crippen LogP contribution in [0.25, 0.3) is 10.8 Å². The van der Waals surface area contributed by atoms with Crippen LogP contribution in [0.5, 0.6) is 0 Å². The molecule has 17 heavy (non-hydrogen) atoms. The molecule has 1 aliphatic rings. The minimum Gasteiger partial charge on any atom is -0.324 e. The number of rotatable bonds is 3. The molecule has 1 unspecified atom stereocenters. The molecule has 1 aliphatic carbocycles. The molecule has 2 N–H and O–H groups in total. The fourth-order valence-electron chi connectivity index (χ4n) is 2.31. The van der Waals surface area contributed by atoms with Crippen LogP contribution in [0, 0.1) is 5.92 Å². The maximum Gasteiger partial charge on any atom is 0.0297 e. The monoisotopic (exact) mass is 289 g/mol. The van der Waals surface area contributed by atoms with Gasteiger partial charge >= 0.3 is 0 Å². The molecule has 1 nitrogen and oxygen atoms in total. The van der Waals surface area contributed by atoms with Crippen LogP contribution in [0.2, 0.25) is 0 Å². The van der Waals surface area contributed by atoms with E-state index in [-0.39, 0.29) is 6.04 Å². The van der Waals surface area contributed by atoms with E-state index in [4.69, 9.17) is 5.73 Å². The Morgan fingerprint density at radius 1 is 1.12 bits per heavy atom. The Balaban J connectivity index is 1.92. The first-order valence-electron chi connectivity index (χ1n) is 6.17. The van der Waals surface area contributed by atoms with E-state index in [0.29, 0.717) is 0 Å². The highest BCUT2D eigenvalue weighted by atomic mass is 79.9. The van der Waals surface area contributed by atoms with Crippen molar-refractivity contribution in [1.29, 1.82) is 0 Å². The Kier molecular flexibility index (Phi) is 2.93. The van der Waals surface area contributed by atoms with Crippen LogP contribution in [-0.2, 0) is 0 Å². The number of halogens is 1. The van der Waals surface area contributed by atoms with Gasteiger partial charge in [0.05, 0.1) is 0 Å². The molecule has 2 aromatic rings. The molecule has 0 saturated heterocycles. The van der Waals surface area contributed by atoms with E-state index in [1.807, 2.05) is 0 Å². The SMILES string of the molecule is NC(CC1CC1)c1ccc2cc(Br)ccc2c1. The summed E-state index contributed by atoms with van der Waals surface area (Å²) in [6.07, 6.45) is 3.88. The van der Waals surface area contributed by atoms with Gasteiger partial charge in [-0.1, -0.05) is 47.0 Å². The molecule has 1 fully saturated rings. The van der Waals surface area contributed by atoms with Gasteiger partial charge in [0, 0.05) is 10.5 Å². The highest BCUT2D eigenvalue weighted by Crippen LogP contribution is 2.37. The molecule has 0 amide bonds. The molecule has 1 atom stereocenters. The van der Waals surface area contributed by atoms with Gasteiger partial charge in [-0.3, -0.25) is 0 Å². The normalized spacial score (nSPS) is 17.3. The minimum atomic E-state index is 0.204. The van der Waals surface area contributed by atoms with Gasteiger partial charge in [-0.2, -0.15) is 0 Å². The predicted octanol–water partition coefficient (Wildman–Crippen LogP) is 4.40. The Bertz CT molecular complexity index is 546. The molecule has 0 radical (unpaired) electrons. The second-order valence-electron chi connectivity index (χ2n) is 5.04. The van der Waals surface area contributed by atoms with Crippen LogP contribution in [0.4, 0.5) is 0 Å². The summed E-state index contributed by atoms with van der Waals surface area (Å²) in [6, 6.07) is 13.1. The van der Waals surface area contributed by atoms with Crippen LogP contribution in [-0.4, -0.2) is 0 Å². The van der Waals surface area contributed by atoms with Gasteiger partial charge < -0.3 is 5.73 Å². The molecule has 88 valence electrons. The average molecular weight is 290 g/mol. The van der Waals surface area contributed by atoms with Crippen LogP contribution < -0.4 is 5.73 Å². The van der Waals surface area contributed by atoms with Crippen molar-refractivity contribution in [2.75, 3.05) is 0 Å². The highest BCUT2D eigenvalue weighted by molar-refractivity contribution is 9.10. The molecule has 0 spiro atoms. The third-order valence-electron chi connectivity index (χ3n) is 3.54. The fourth-order valence-corrected chi connectivity index (χ4v) is 2.69. The van der Waals surface area contributed by atoms with E-state index in [1.165, 1.54) is 29.2 Å². The first kappa shape index (κ1) is 11.2. The zero-order chi connectivity index (χ0) is 11.8. The van der Waals surface area contributed by atoms with E-state index in [9.17, 15) is 0 Å². The second-order valence-corrected chi connectivity index (χ2v) is 5.95. The Morgan fingerprint density at radius 3 is 2.59 bits per heavy atom. The van der Waals surface area contributed by atoms with E-state index in [2.05, 4.69) is 52.3 Å². The molecule has 1 saturated carbocycles. The maximum atomic E-state index is 6.25. The summed E-state index contributed by atoms with van der Waals surface area (Å²) in [5.41, 5.74) is 7.52. The van der Waals surface area contributed by atoms with Crippen molar-refractivity contribution < 1.29 is 0 Å². The standard InChI is InChI=1S/C15H16BrN/c16-14-6-5-11-8-13(4-3-12(11)9-14)15(17)7-10-1-2-10/h3-6,8-10,15H,1-2,7,17H2. The van der Waals surface area contributed by atoms with E-state index >= 15 is 0 Å². The molecule has 0 aromatic heterocycles. The maximum absolute atomic E-state index is 6.25. The van der Waals surface area contributed by atoms with Crippen LogP contribution in [0.1, 0.15) is 30.9 Å². The van der Waals surface area contributed by atoms with E-state index < -0.39 is 0 Å². The zero-order valence-electron chi connectivity index (χ0n) is 9.70. The summed E-state index contributed by atoms with van der Waals surface area (Å²) < 4.78 is 1.13. The van der Waals surface area contributed by atoms with Gasteiger partial charge in [-0.25, -0.2) is 0 Å². The van der Waals surface area contributed by atoms with Crippen molar-refractivity contribution in [1.82, 2.24) is 0 Å². The van der Waals surface area contributed by atoms with Gasteiger partial charge in [0.25, 0.3) is 0 Å². The van der Waals surface area contributed by atoms with Crippen molar-refractivity contribution in [3.05, 3.63) is 46.4 Å². The summed E-state index contributed by atoms with van der Waals surface area (Å²) in [6.45, 7) is 0. The lowest BCUT2D eigenvalue weighted by Crippen LogP contribution is -2.10. The Morgan fingerprint density at radius 2 is 1.82 bits per heavy atom. The molecule has 0 aliphatic heterocycles. The van der Waals surface area contributed by atoms with Gasteiger partial charge in [-0.15, -0.1) is 0 Å². The molecular formula is C15H16BrN. The van der Waals surface area contributed by atoms with Gasteiger partial charge in [0.1, 0.15) is 0 Å². The van der Waals surface area contributed by atoms with Gasteiger partial charge in [0.15, 0.2) is 0 Å². The number of fused-ring (bicyclic) bond motifs is 1. The number of hydrogen-bond donors (Lipinski definition) is 1. The summed E-state index contributed by atoms with van der Waals surface area (Å²) in [5, 5.41) is 2.54. The topological polar surface area (TPSA) is 26.0 Å². The van der Waals surface area contributed by atoms with E-state index in [1.54, 1.807) is 0 Å². The van der Waals surface area contributed by atoms with Crippen LogP contribution in [0.3, 0.4) is 0 Å². The highest BCUT2D eigenvalue weighted by Gasteiger charge is 2.24. The summed E-state index contributed by atoms with van der Waals surface area (Å²) >= 11 is 3.50. The lowest BCUT2D eigenvalue weighted by atomic mass is 9.99. The molecule has 0 bridgehead atoms. The molecule has 3 rings (SSSR count). The van der Waals surface area contributed by atoms with E-state index in [0.717, 1.165) is 16.8 Å². The summed E-state index contributed by atoms with van der Waals surface area (Å²) in [7, 11) is 0. The lowest BCUT2D eigenvalue weighted by molar-refractivity contribution is 0.597. The Labute approximate surface area is 110 Å². The molecule has 0 heterocycles. The largest absolute Gasteiger partial charge is 0.324 e. The quantitative estimate of drug-likeness (QED) is 0.890. The first-order valence-corrected chi connectivity index (χ1v) is 6.96. The molecule has 2 aromatic carbocycles. The number of benzene rings is 2. The average Bonchev–Trinajstić information content (AvgIpc) is 3.12. The van der Waals surface area contributed by atoms with Gasteiger partial charge in [0.2, 0.25) is 0 Å². The third-order valence-corrected chi connectivity index (χ3v) is 4.03. The lowest BCUT2D eigenvalue weighted by Gasteiger charge is -2.12. The van der Waals surface area contributed by atoms with Crippen LogP contribution >= 0.6 is 15.9 Å². The Hall–Kier alpha value is -0.860. The smallest absolute Gasteiger partial charge is 0.0297 e. The second kappa shape index (κ2) is 4.43. The number of hydrogen-bond acceptors (Lipinski definition) is 1. The third kappa shape index (κ3) is 2.53.